The van der Waals surface area contributed by atoms with Crippen LogP contribution in [0.25, 0.3) is 10.6 Å². The van der Waals surface area contributed by atoms with Gasteiger partial charge in [-0.05, 0) is 30.3 Å². The van der Waals surface area contributed by atoms with Gasteiger partial charge in [0.05, 0.1) is 19.8 Å². The van der Waals surface area contributed by atoms with E-state index < -0.39 is 0 Å². The van der Waals surface area contributed by atoms with Gasteiger partial charge in [0.1, 0.15) is 22.2 Å². The Labute approximate surface area is 167 Å². The van der Waals surface area contributed by atoms with E-state index in [1.807, 2.05) is 24.3 Å². The van der Waals surface area contributed by atoms with Crippen molar-refractivity contribution in [2.24, 2.45) is 0 Å². The lowest BCUT2D eigenvalue weighted by Gasteiger charge is -2.18. The Morgan fingerprint density at radius 1 is 1.15 bits per heavy atom. The number of hydrogen-bond donors (Lipinski definition) is 0. The maximum atomic E-state index is 12.8. The van der Waals surface area contributed by atoms with Crippen LogP contribution in [0, 0.1) is 0 Å². The summed E-state index contributed by atoms with van der Waals surface area (Å²) in [5.41, 5.74) is 2.09. The number of thiazole rings is 1. The molecular formula is C20H19ClN2O3S. The summed E-state index contributed by atoms with van der Waals surface area (Å²) >= 11 is 7.48. The topological polar surface area (TPSA) is 51.7 Å². The molecule has 3 rings (SSSR count). The maximum Gasteiger partial charge on any atom is 0.273 e. The molecule has 140 valence electrons. The molecule has 0 unspecified atom stereocenters. The first-order valence-electron chi connectivity index (χ1n) is 8.20. The van der Waals surface area contributed by atoms with Crippen LogP contribution in [0.3, 0.4) is 0 Å². The van der Waals surface area contributed by atoms with Gasteiger partial charge >= 0.3 is 0 Å². The number of amides is 1. The van der Waals surface area contributed by atoms with Crippen LogP contribution in [0.2, 0.25) is 5.02 Å². The second kappa shape index (κ2) is 8.41. The highest BCUT2D eigenvalue weighted by molar-refractivity contribution is 7.13. The van der Waals surface area contributed by atoms with E-state index in [1.165, 1.54) is 11.3 Å². The number of carbonyl (C=O) groups excluding carboxylic acids is 1. The highest BCUT2D eigenvalue weighted by Crippen LogP contribution is 2.32. The van der Waals surface area contributed by atoms with Crippen LogP contribution in [0.5, 0.6) is 11.5 Å². The van der Waals surface area contributed by atoms with Crippen molar-refractivity contribution >= 4 is 28.8 Å². The molecule has 5 nitrogen and oxygen atoms in total. The van der Waals surface area contributed by atoms with Gasteiger partial charge in [-0.15, -0.1) is 11.3 Å². The standard InChI is InChI=1S/C20H19ClN2O3S/c1-23(11-13-10-14(21)8-9-17(13)25-2)20(24)16-12-27-19(22-16)15-6-4-5-7-18(15)26-3/h4-10,12H,11H2,1-3H3. The number of rotatable bonds is 6. The summed E-state index contributed by atoms with van der Waals surface area (Å²) in [6, 6.07) is 12.9. The van der Waals surface area contributed by atoms with E-state index in [4.69, 9.17) is 21.1 Å². The first kappa shape index (κ1) is 19.2. The number of para-hydroxylation sites is 1. The lowest BCUT2D eigenvalue weighted by atomic mass is 10.2. The van der Waals surface area contributed by atoms with E-state index >= 15 is 0 Å². The van der Waals surface area contributed by atoms with Gasteiger partial charge in [0, 0.05) is 29.6 Å². The summed E-state index contributed by atoms with van der Waals surface area (Å²) in [5, 5.41) is 3.10. The molecule has 2 aromatic carbocycles. The van der Waals surface area contributed by atoms with Crippen molar-refractivity contribution in [1.29, 1.82) is 0 Å². The number of benzene rings is 2. The third-order valence-electron chi connectivity index (χ3n) is 4.06. The van der Waals surface area contributed by atoms with Crippen molar-refractivity contribution in [3.63, 3.8) is 0 Å². The van der Waals surface area contributed by atoms with E-state index in [1.54, 1.807) is 49.7 Å². The Morgan fingerprint density at radius 3 is 2.63 bits per heavy atom. The fourth-order valence-corrected chi connectivity index (χ4v) is 3.73. The lowest BCUT2D eigenvalue weighted by molar-refractivity contribution is 0.0779. The molecule has 0 saturated heterocycles. The SMILES string of the molecule is COc1ccc(Cl)cc1CN(C)C(=O)c1csc(-c2ccccc2OC)n1. The molecule has 0 fully saturated rings. The number of ether oxygens (including phenoxy) is 2. The molecule has 0 atom stereocenters. The van der Waals surface area contributed by atoms with Crippen molar-refractivity contribution in [3.8, 4) is 22.1 Å². The van der Waals surface area contributed by atoms with E-state index in [9.17, 15) is 4.79 Å². The molecule has 0 N–H and O–H groups in total. The van der Waals surface area contributed by atoms with E-state index in [-0.39, 0.29) is 5.91 Å². The highest BCUT2D eigenvalue weighted by atomic mass is 35.5. The van der Waals surface area contributed by atoms with Crippen molar-refractivity contribution in [2.45, 2.75) is 6.54 Å². The summed E-state index contributed by atoms with van der Waals surface area (Å²) in [7, 11) is 4.93. The number of halogens is 1. The van der Waals surface area contributed by atoms with Crippen LogP contribution in [-0.4, -0.2) is 37.1 Å². The van der Waals surface area contributed by atoms with Crippen molar-refractivity contribution in [2.75, 3.05) is 21.3 Å². The molecule has 27 heavy (non-hydrogen) atoms. The van der Waals surface area contributed by atoms with Gasteiger partial charge in [-0.25, -0.2) is 4.98 Å². The minimum Gasteiger partial charge on any atom is -0.496 e. The van der Waals surface area contributed by atoms with Gasteiger partial charge in [0.15, 0.2) is 0 Å². The fraction of sp³-hybridized carbons (Fsp3) is 0.200. The summed E-state index contributed by atoms with van der Waals surface area (Å²) in [5.74, 6) is 1.24. The maximum absolute atomic E-state index is 12.8. The summed E-state index contributed by atoms with van der Waals surface area (Å²) < 4.78 is 10.7. The molecule has 0 aliphatic carbocycles. The van der Waals surface area contributed by atoms with Crippen LogP contribution < -0.4 is 9.47 Å². The number of hydrogen-bond acceptors (Lipinski definition) is 5. The fourth-order valence-electron chi connectivity index (χ4n) is 2.71. The predicted molar refractivity (Wildman–Crippen MR) is 108 cm³/mol. The monoisotopic (exact) mass is 402 g/mol. The van der Waals surface area contributed by atoms with Crippen LogP contribution in [0.1, 0.15) is 16.1 Å². The first-order valence-corrected chi connectivity index (χ1v) is 9.46. The van der Waals surface area contributed by atoms with Crippen LogP contribution in [0.15, 0.2) is 47.8 Å². The molecule has 1 heterocycles. The minimum atomic E-state index is -0.172. The van der Waals surface area contributed by atoms with Crippen LogP contribution in [0.4, 0.5) is 0 Å². The first-order chi connectivity index (χ1) is 13.0. The molecule has 0 spiro atoms. The Kier molecular flexibility index (Phi) is 5.98. The van der Waals surface area contributed by atoms with Crippen LogP contribution >= 0.6 is 22.9 Å². The predicted octanol–water partition coefficient (Wildman–Crippen LogP) is 4.75. The Balaban J connectivity index is 1.81. The Bertz CT molecular complexity index is 958. The Morgan fingerprint density at radius 2 is 1.89 bits per heavy atom. The normalized spacial score (nSPS) is 10.5. The van der Waals surface area contributed by atoms with Gasteiger partial charge in [-0.3, -0.25) is 4.79 Å². The molecule has 0 aliphatic heterocycles. The zero-order valence-electron chi connectivity index (χ0n) is 15.2. The van der Waals surface area contributed by atoms with E-state index in [0.717, 1.165) is 21.9 Å². The summed E-state index contributed by atoms with van der Waals surface area (Å²) in [4.78, 5) is 18.9. The lowest BCUT2D eigenvalue weighted by Crippen LogP contribution is -2.26. The molecule has 0 bridgehead atoms. The molecule has 0 radical (unpaired) electrons. The van der Waals surface area contributed by atoms with Gasteiger partial charge in [-0.1, -0.05) is 23.7 Å². The smallest absolute Gasteiger partial charge is 0.273 e. The molecule has 0 saturated carbocycles. The van der Waals surface area contributed by atoms with Crippen molar-refractivity contribution in [1.82, 2.24) is 9.88 Å². The second-order valence-electron chi connectivity index (χ2n) is 5.86. The molecule has 3 aromatic rings. The highest BCUT2D eigenvalue weighted by Gasteiger charge is 2.19. The second-order valence-corrected chi connectivity index (χ2v) is 7.15. The zero-order chi connectivity index (χ0) is 19.4. The average Bonchev–Trinajstić information content (AvgIpc) is 3.17. The molecular weight excluding hydrogens is 384 g/mol. The van der Waals surface area contributed by atoms with Gasteiger partial charge < -0.3 is 14.4 Å². The van der Waals surface area contributed by atoms with Crippen LogP contribution in [-0.2, 0) is 6.54 Å². The van der Waals surface area contributed by atoms with Crippen molar-refractivity contribution in [3.05, 3.63) is 64.1 Å². The molecule has 7 heteroatoms. The van der Waals surface area contributed by atoms with Gasteiger partial charge in [0.25, 0.3) is 5.91 Å². The summed E-state index contributed by atoms with van der Waals surface area (Å²) in [6.07, 6.45) is 0. The third kappa shape index (κ3) is 4.23. The molecule has 1 amide bonds. The number of aromatic nitrogens is 1. The minimum absolute atomic E-state index is 0.172. The zero-order valence-corrected chi connectivity index (χ0v) is 16.8. The summed E-state index contributed by atoms with van der Waals surface area (Å²) in [6.45, 7) is 0.365. The quantitative estimate of drug-likeness (QED) is 0.596. The van der Waals surface area contributed by atoms with Gasteiger partial charge in [-0.2, -0.15) is 0 Å². The van der Waals surface area contributed by atoms with Crippen molar-refractivity contribution < 1.29 is 14.3 Å². The third-order valence-corrected chi connectivity index (χ3v) is 5.17. The van der Waals surface area contributed by atoms with E-state index in [2.05, 4.69) is 4.98 Å². The Hall–Kier alpha value is -2.57. The molecule has 1 aromatic heterocycles. The van der Waals surface area contributed by atoms with Gasteiger partial charge in [0.2, 0.25) is 0 Å². The van der Waals surface area contributed by atoms with E-state index in [0.29, 0.717) is 23.0 Å². The number of carbonyl (C=O) groups is 1. The average molecular weight is 403 g/mol. The molecule has 0 aliphatic rings. The largest absolute Gasteiger partial charge is 0.496 e. The number of nitrogens with zero attached hydrogens (tertiary/aromatic N) is 2. The number of methoxy groups -OCH3 is 2.